The molecule has 0 aliphatic heterocycles. The zero-order valence-corrected chi connectivity index (χ0v) is 11.0. The number of rotatable bonds is 6. The average Bonchev–Trinajstić information content (AvgIpc) is 2.69. The van der Waals surface area contributed by atoms with E-state index in [1.54, 1.807) is 0 Å². The zero-order chi connectivity index (χ0) is 13.1. The van der Waals surface area contributed by atoms with Crippen LogP contribution in [0.25, 0.3) is 0 Å². The molecule has 0 bridgehead atoms. The fourth-order valence-corrected chi connectivity index (χ4v) is 2.75. The van der Waals surface area contributed by atoms with Crippen molar-refractivity contribution < 1.29 is 16.8 Å². The standard InChI is InChI=1S/C7H14N4O4S2/c1-11(2)16(12,13)6-5-9-17(14,15)7-3-4-8-10-7/h3-4,9H,5-6H2,1-2H3,(H,8,10). The molecule has 2 N–H and O–H groups in total. The van der Waals surface area contributed by atoms with Gasteiger partial charge in [-0.3, -0.25) is 5.10 Å². The van der Waals surface area contributed by atoms with Crippen molar-refractivity contribution in [1.29, 1.82) is 0 Å². The number of hydrogen-bond donors (Lipinski definition) is 2. The second kappa shape index (κ2) is 5.12. The van der Waals surface area contributed by atoms with Gasteiger partial charge >= 0.3 is 0 Å². The molecule has 0 aliphatic carbocycles. The molecule has 0 spiro atoms. The van der Waals surface area contributed by atoms with E-state index in [4.69, 9.17) is 0 Å². The quantitative estimate of drug-likeness (QED) is 0.665. The van der Waals surface area contributed by atoms with Crippen LogP contribution in [-0.4, -0.2) is 57.7 Å². The molecule has 98 valence electrons. The highest BCUT2D eigenvalue weighted by Crippen LogP contribution is 2.02. The maximum atomic E-state index is 11.6. The molecule has 0 saturated heterocycles. The van der Waals surface area contributed by atoms with Crippen LogP contribution in [0.15, 0.2) is 17.3 Å². The molecule has 0 aromatic carbocycles. The van der Waals surface area contributed by atoms with Crippen molar-refractivity contribution >= 4 is 20.0 Å². The summed E-state index contributed by atoms with van der Waals surface area (Å²) in [6.07, 6.45) is 1.30. The van der Waals surface area contributed by atoms with E-state index in [0.717, 1.165) is 4.31 Å². The lowest BCUT2D eigenvalue weighted by molar-refractivity contribution is 0.519. The van der Waals surface area contributed by atoms with Gasteiger partial charge < -0.3 is 0 Å². The molecule has 8 nitrogen and oxygen atoms in total. The smallest absolute Gasteiger partial charge is 0.257 e. The summed E-state index contributed by atoms with van der Waals surface area (Å²) in [5, 5.41) is 5.69. The summed E-state index contributed by atoms with van der Waals surface area (Å²) >= 11 is 0. The van der Waals surface area contributed by atoms with Crippen LogP contribution in [0.5, 0.6) is 0 Å². The summed E-state index contributed by atoms with van der Waals surface area (Å²) in [5.41, 5.74) is 0. The number of nitrogens with zero attached hydrogens (tertiary/aromatic N) is 2. The van der Waals surface area contributed by atoms with Gasteiger partial charge in [-0.25, -0.2) is 25.9 Å². The molecule has 1 rings (SSSR count). The predicted molar refractivity (Wildman–Crippen MR) is 61.3 cm³/mol. The van der Waals surface area contributed by atoms with Crippen LogP contribution in [0.1, 0.15) is 0 Å². The highest BCUT2D eigenvalue weighted by molar-refractivity contribution is 7.90. The first kappa shape index (κ1) is 14.1. The van der Waals surface area contributed by atoms with Crippen molar-refractivity contribution in [2.45, 2.75) is 5.03 Å². The van der Waals surface area contributed by atoms with Gasteiger partial charge in [-0.15, -0.1) is 0 Å². The number of nitrogens with one attached hydrogen (secondary N) is 2. The Morgan fingerprint density at radius 3 is 2.47 bits per heavy atom. The maximum absolute atomic E-state index is 11.6. The van der Waals surface area contributed by atoms with Gasteiger partial charge in [-0.05, 0) is 6.07 Å². The van der Waals surface area contributed by atoms with Gasteiger partial charge in [0.25, 0.3) is 10.0 Å². The number of H-pyrrole nitrogens is 1. The van der Waals surface area contributed by atoms with E-state index in [-0.39, 0.29) is 17.3 Å². The van der Waals surface area contributed by atoms with Gasteiger partial charge in [0.15, 0.2) is 5.03 Å². The Bertz CT molecular complexity index is 547. The Kier molecular flexibility index (Phi) is 4.25. The largest absolute Gasteiger partial charge is 0.266 e. The fourth-order valence-electron chi connectivity index (χ4n) is 0.958. The Morgan fingerprint density at radius 1 is 1.35 bits per heavy atom. The minimum absolute atomic E-state index is 0.0975. The van der Waals surface area contributed by atoms with Crippen LogP contribution in [0, 0.1) is 0 Å². The van der Waals surface area contributed by atoms with Gasteiger partial charge in [0.05, 0.1) is 11.9 Å². The van der Waals surface area contributed by atoms with Crippen molar-refractivity contribution in [3.8, 4) is 0 Å². The third-order valence-corrected chi connectivity index (χ3v) is 5.20. The third-order valence-electron chi connectivity index (χ3n) is 1.97. The zero-order valence-electron chi connectivity index (χ0n) is 9.41. The van der Waals surface area contributed by atoms with Gasteiger partial charge in [0.2, 0.25) is 10.0 Å². The van der Waals surface area contributed by atoms with E-state index in [1.807, 2.05) is 0 Å². The minimum atomic E-state index is -3.72. The molecule has 0 unspecified atom stereocenters. The van der Waals surface area contributed by atoms with Crippen molar-refractivity contribution in [2.75, 3.05) is 26.4 Å². The van der Waals surface area contributed by atoms with Crippen molar-refractivity contribution in [3.63, 3.8) is 0 Å². The summed E-state index contributed by atoms with van der Waals surface area (Å²) < 4.78 is 49.1. The van der Waals surface area contributed by atoms with Gasteiger partial charge in [0, 0.05) is 20.6 Å². The molecule has 17 heavy (non-hydrogen) atoms. The second-order valence-electron chi connectivity index (χ2n) is 3.42. The van der Waals surface area contributed by atoms with Crippen LogP contribution in [-0.2, 0) is 20.0 Å². The van der Waals surface area contributed by atoms with E-state index in [9.17, 15) is 16.8 Å². The highest BCUT2D eigenvalue weighted by Gasteiger charge is 2.18. The molecule has 0 atom stereocenters. The van der Waals surface area contributed by atoms with E-state index < -0.39 is 20.0 Å². The molecule has 1 aromatic rings. The molecule has 1 aromatic heterocycles. The molecule has 1 heterocycles. The van der Waals surface area contributed by atoms with E-state index in [0.29, 0.717) is 0 Å². The van der Waals surface area contributed by atoms with E-state index >= 15 is 0 Å². The minimum Gasteiger partial charge on any atom is -0.266 e. The predicted octanol–water partition coefficient (Wildman–Crippen LogP) is -1.42. The monoisotopic (exact) mass is 282 g/mol. The molecule has 0 fully saturated rings. The average molecular weight is 282 g/mol. The summed E-state index contributed by atoms with van der Waals surface area (Å²) in [7, 11) is -4.35. The van der Waals surface area contributed by atoms with Gasteiger partial charge in [-0.2, -0.15) is 5.10 Å². The Morgan fingerprint density at radius 2 is 2.00 bits per heavy atom. The number of aromatic amines is 1. The lowest BCUT2D eigenvalue weighted by atomic mass is 10.8. The Hall–Kier alpha value is -0.970. The lowest BCUT2D eigenvalue weighted by Gasteiger charge is -2.11. The van der Waals surface area contributed by atoms with Gasteiger partial charge in [-0.1, -0.05) is 0 Å². The first-order valence-electron chi connectivity index (χ1n) is 4.65. The molecule has 0 aliphatic rings. The van der Waals surface area contributed by atoms with E-state index in [2.05, 4.69) is 14.9 Å². The SMILES string of the molecule is CN(C)S(=O)(=O)CCNS(=O)(=O)c1ccn[nH]1. The first-order valence-corrected chi connectivity index (χ1v) is 7.74. The summed E-state index contributed by atoms with van der Waals surface area (Å²) in [4.78, 5) is 0. The second-order valence-corrected chi connectivity index (χ2v) is 7.45. The van der Waals surface area contributed by atoms with Gasteiger partial charge in [0.1, 0.15) is 0 Å². The van der Waals surface area contributed by atoms with Crippen molar-refractivity contribution in [1.82, 2.24) is 19.2 Å². The fraction of sp³-hybridized carbons (Fsp3) is 0.571. The third kappa shape index (κ3) is 3.77. The Balaban J connectivity index is 2.59. The van der Waals surface area contributed by atoms with Crippen LogP contribution >= 0.6 is 0 Å². The molecular weight excluding hydrogens is 268 g/mol. The Labute approximate surface area is 100 Å². The number of aromatic nitrogens is 2. The van der Waals surface area contributed by atoms with Crippen LogP contribution in [0.3, 0.4) is 0 Å². The molecular formula is C7H14N4O4S2. The van der Waals surface area contributed by atoms with Crippen LogP contribution in [0.4, 0.5) is 0 Å². The topological polar surface area (TPSA) is 112 Å². The van der Waals surface area contributed by atoms with Crippen LogP contribution in [0.2, 0.25) is 0 Å². The van der Waals surface area contributed by atoms with E-state index in [1.165, 1.54) is 26.4 Å². The molecule has 0 radical (unpaired) electrons. The number of sulfonamides is 2. The summed E-state index contributed by atoms with van der Waals surface area (Å²) in [5.74, 6) is -0.298. The van der Waals surface area contributed by atoms with Crippen molar-refractivity contribution in [3.05, 3.63) is 12.3 Å². The highest BCUT2D eigenvalue weighted by atomic mass is 32.2. The summed E-state index contributed by atoms with van der Waals surface area (Å²) in [6.45, 7) is -0.193. The first-order chi connectivity index (χ1) is 7.76. The lowest BCUT2D eigenvalue weighted by Crippen LogP contribution is -2.34. The maximum Gasteiger partial charge on any atom is 0.257 e. The molecule has 0 amide bonds. The molecule has 0 saturated carbocycles. The van der Waals surface area contributed by atoms with Crippen LogP contribution < -0.4 is 4.72 Å². The normalized spacial score (nSPS) is 13.1. The summed E-state index contributed by atoms with van der Waals surface area (Å²) in [6, 6.07) is 1.28. The van der Waals surface area contributed by atoms with Crippen molar-refractivity contribution in [2.24, 2.45) is 0 Å². The number of hydrogen-bond acceptors (Lipinski definition) is 5. The molecule has 10 heteroatoms.